The van der Waals surface area contributed by atoms with Crippen molar-refractivity contribution in [3.8, 4) is 5.75 Å². The maximum atomic E-state index is 13.6. The molecule has 1 amide bonds. The highest BCUT2D eigenvalue weighted by Crippen LogP contribution is 2.37. The topological polar surface area (TPSA) is 55.8 Å². The van der Waals surface area contributed by atoms with Crippen LogP contribution in [0.4, 0.5) is 5.69 Å². The van der Waals surface area contributed by atoms with Crippen molar-refractivity contribution >= 4 is 56.9 Å². The fraction of sp³-hybridized carbons (Fsp3) is 0.111. The molecule has 0 saturated carbocycles. The predicted octanol–water partition coefficient (Wildman–Crippen LogP) is 6.76. The van der Waals surface area contributed by atoms with Crippen LogP contribution in [0.1, 0.15) is 28.4 Å². The molecular weight excluding hydrogens is 518 g/mol. The highest BCUT2D eigenvalue weighted by Gasteiger charge is 2.31. The Balaban J connectivity index is 1.77. The minimum absolute atomic E-state index is 0.203. The molecule has 0 aliphatic carbocycles. The van der Waals surface area contributed by atoms with Gasteiger partial charge in [-0.3, -0.25) is 9.69 Å². The summed E-state index contributed by atoms with van der Waals surface area (Å²) in [6.07, 6.45) is 3.68. The molecule has 0 saturated heterocycles. The van der Waals surface area contributed by atoms with Crippen LogP contribution in [0.3, 0.4) is 0 Å². The van der Waals surface area contributed by atoms with E-state index in [-0.39, 0.29) is 16.5 Å². The number of halogens is 2. The Kier molecular flexibility index (Phi) is 7.20. The largest absolute Gasteiger partial charge is 0.493 e. The lowest BCUT2D eigenvalue weighted by atomic mass is 10.1. The molecule has 0 N–H and O–H groups in total. The first-order valence-electron chi connectivity index (χ1n) is 10.6. The Morgan fingerprint density at radius 3 is 2.50 bits per heavy atom. The van der Waals surface area contributed by atoms with Gasteiger partial charge in [-0.15, -0.1) is 0 Å². The quantitative estimate of drug-likeness (QED) is 0.257. The van der Waals surface area contributed by atoms with Crippen molar-refractivity contribution in [3.63, 3.8) is 0 Å². The molecule has 5 nitrogen and oxygen atoms in total. The van der Waals surface area contributed by atoms with E-state index in [4.69, 9.17) is 21.1 Å². The molecule has 0 spiro atoms. The third-order valence-corrected chi connectivity index (χ3v) is 6.18. The maximum Gasteiger partial charge on any atom is 0.339 e. The smallest absolute Gasteiger partial charge is 0.339 e. The Morgan fingerprint density at radius 1 is 1.09 bits per heavy atom. The second-order valence-corrected chi connectivity index (χ2v) is 8.68. The van der Waals surface area contributed by atoms with Gasteiger partial charge in [-0.2, -0.15) is 0 Å². The molecule has 172 valence electrons. The van der Waals surface area contributed by atoms with Crippen LogP contribution in [-0.2, 0) is 9.53 Å². The number of carbonyl (C=O) groups is 2. The molecule has 0 fully saturated rings. The lowest BCUT2D eigenvalue weighted by Gasteiger charge is -2.21. The molecule has 1 aliphatic rings. The second-order valence-electron chi connectivity index (χ2n) is 7.41. The molecule has 4 rings (SSSR count). The van der Waals surface area contributed by atoms with Crippen LogP contribution in [0.5, 0.6) is 5.75 Å². The van der Waals surface area contributed by atoms with Crippen LogP contribution in [-0.4, -0.2) is 25.6 Å². The number of esters is 1. The number of benzene rings is 3. The van der Waals surface area contributed by atoms with Gasteiger partial charge in [0.25, 0.3) is 5.91 Å². The number of carbonyl (C=O) groups excluding carboxylic acids is 2. The van der Waals surface area contributed by atoms with Gasteiger partial charge in [0.1, 0.15) is 5.75 Å². The first kappa shape index (κ1) is 23.8. The first-order chi connectivity index (χ1) is 16.4. The van der Waals surface area contributed by atoms with Gasteiger partial charge < -0.3 is 9.47 Å². The number of hydrogen-bond acceptors (Lipinski definition) is 4. The van der Waals surface area contributed by atoms with Crippen molar-refractivity contribution in [2.45, 2.75) is 6.92 Å². The van der Waals surface area contributed by atoms with Crippen LogP contribution in [0, 0.1) is 0 Å². The third-order valence-electron chi connectivity index (χ3n) is 5.25. The van der Waals surface area contributed by atoms with E-state index in [2.05, 4.69) is 15.9 Å². The van der Waals surface area contributed by atoms with E-state index in [0.717, 1.165) is 21.3 Å². The van der Waals surface area contributed by atoms with Crippen molar-refractivity contribution < 1.29 is 19.1 Å². The highest BCUT2D eigenvalue weighted by atomic mass is 79.9. The van der Waals surface area contributed by atoms with Crippen molar-refractivity contribution in [3.05, 3.63) is 105 Å². The van der Waals surface area contributed by atoms with Crippen LogP contribution < -0.4 is 9.64 Å². The maximum absolute atomic E-state index is 13.6. The van der Waals surface area contributed by atoms with Gasteiger partial charge in [-0.1, -0.05) is 48.0 Å². The zero-order chi connectivity index (χ0) is 24.2. The van der Waals surface area contributed by atoms with Gasteiger partial charge >= 0.3 is 5.97 Å². The number of rotatable bonds is 6. The van der Waals surface area contributed by atoms with Crippen molar-refractivity contribution in [1.82, 2.24) is 0 Å². The van der Waals surface area contributed by atoms with E-state index in [0.29, 0.717) is 23.6 Å². The Labute approximate surface area is 211 Å². The molecule has 0 bridgehead atoms. The van der Waals surface area contributed by atoms with Crippen LogP contribution in [0.2, 0.25) is 5.02 Å². The van der Waals surface area contributed by atoms with Gasteiger partial charge in [-0.25, -0.2) is 4.79 Å². The number of methoxy groups -OCH3 is 1. The summed E-state index contributed by atoms with van der Waals surface area (Å²) in [4.78, 5) is 27.1. The predicted molar refractivity (Wildman–Crippen MR) is 138 cm³/mol. The van der Waals surface area contributed by atoms with Gasteiger partial charge in [-0.05, 0) is 76.5 Å². The number of nitrogens with zero attached hydrogens (tertiary/aromatic N) is 1. The van der Waals surface area contributed by atoms with Crippen molar-refractivity contribution in [2.24, 2.45) is 0 Å². The molecular formula is C27H21BrClNO4. The standard InChI is InChI=1S/C27H21BrClNO4/c1-3-34-25-12-9-17(14-22(25)28)13-19-15-24(18-7-5-4-6-8-18)30(26(19)31)20-10-11-21(23(29)16-20)27(32)33-2/h4-16H,3H2,1-2H3/b19-13+. The Bertz CT molecular complexity index is 1320. The van der Waals surface area contributed by atoms with Gasteiger partial charge in [0.05, 0.1) is 40.2 Å². The summed E-state index contributed by atoms with van der Waals surface area (Å²) in [6, 6.07) is 20.1. The summed E-state index contributed by atoms with van der Waals surface area (Å²) in [6.45, 7) is 2.49. The van der Waals surface area contributed by atoms with E-state index in [1.54, 1.807) is 23.1 Å². The lowest BCUT2D eigenvalue weighted by Crippen LogP contribution is -2.25. The molecule has 0 radical (unpaired) electrons. The van der Waals surface area contributed by atoms with Crippen LogP contribution in [0.15, 0.2) is 82.9 Å². The van der Waals surface area contributed by atoms with E-state index in [1.165, 1.54) is 7.11 Å². The monoisotopic (exact) mass is 537 g/mol. The van der Waals surface area contributed by atoms with E-state index < -0.39 is 5.97 Å². The number of hydrogen-bond donors (Lipinski definition) is 0. The second kappa shape index (κ2) is 10.3. The SMILES string of the molecule is CCOc1ccc(/C=C2\C=C(c3ccccc3)N(c3ccc(C(=O)OC)c(Cl)c3)C2=O)cc1Br. The minimum atomic E-state index is -0.537. The molecule has 34 heavy (non-hydrogen) atoms. The average molecular weight is 539 g/mol. The summed E-state index contributed by atoms with van der Waals surface area (Å²) in [5.41, 5.74) is 3.74. The summed E-state index contributed by atoms with van der Waals surface area (Å²) in [5.74, 6) is 0.000379. The summed E-state index contributed by atoms with van der Waals surface area (Å²) >= 11 is 9.88. The van der Waals surface area contributed by atoms with E-state index in [9.17, 15) is 9.59 Å². The first-order valence-corrected chi connectivity index (χ1v) is 11.7. The molecule has 3 aromatic carbocycles. The number of ether oxygens (including phenoxy) is 2. The van der Waals surface area contributed by atoms with Gasteiger partial charge in [0.2, 0.25) is 0 Å². The lowest BCUT2D eigenvalue weighted by molar-refractivity contribution is -0.113. The van der Waals surface area contributed by atoms with E-state index >= 15 is 0 Å². The Morgan fingerprint density at radius 2 is 1.85 bits per heavy atom. The molecule has 0 aromatic heterocycles. The van der Waals surface area contributed by atoms with Crippen LogP contribution >= 0.6 is 27.5 Å². The van der Waals surface area contributed by atoms with Gasteiger partial charge in [0, 0.05) is 5.57 Å². The Hall–Kier alpha value is -3.35. The molecule has 1 aliphatic heterocycles. The van der Waals surface area contributed by atoms with Crippen molar-refractivity contribution in [2.75, 3.05) is 18.6 Å². The van der Waals surface area contributed by atoms with E-state index in [1.807, 2.05) is 67.6 Å². The zero-order valence-corrected chi connectivity index (χ0v) is 20.9. The summed E-state index contributed by atoms with van der Waals surface area (Å²) < 4.78 is 11.2. The fourth-order valence-corrected chi connectivity index (χ4v) is 4.43. The average Bonchev–Trinajstić information content (AvgIpc) is 3.16. The number of anilines is 1. The molecule has 0 atom stereocenters. The van der Waals surface area contributed by atoms with Crippen molar-refractivity contribution in [1.29, 1.82) is 0 Å². The summed E-state index contributed by atoms with van der Waals surface area (Å²) in [5, 5.41) is 0.206. The van der Waals surface area contributed by atoms with Crippen LogP contribution in [0.25, 0.3) is 11.8 Å². The van der Waals surface area contributed by atoms with Gasteiger partial charge in [0.15, 0.2) is 0 Å². The summed E-state index contributed by atoms with van der Waals surface area (Å²) in [7, 11) is 1.29. The molecule has 1 heterocycles. The third kappa shape index (κ3) is 4.79. The normalized spacial score (nSPS) is 14.4. The fourth-order valence-electron chi connectivity index (χ4n) is 3.67. The highest BCUT2D eigenvalue weighted by molar-refractivity contribution is 9.10. The zero-order valence-electron chi connectivity index (χ0n) is 18.5. The minimum Gasteiger partial charge on any atom is -0.493 e. The molecule has 0 unspecified atom stereocenters. The molecule has 7 heteroatoms. The molecule has 3 aromatic rings. The number of amides is 1.